The third-order valence-electron chi connectivity index (χ3n) is 4.69. The minimum atomic E-state index is -0.290. The first-order chi connectivity index (χ1) is 13.1. The summed E-state index contributed by atoms with van der Waals surface area (Å²) < 4.78 is 13.0. The van der Waals surface area contributed by atoms with Crippen molar-refractivity contribution in [1.29, 1.82) is 0 Å². The molecule has 2 aromatic carbocycles. The monoisotopic (exact) mass is 368 g/mol. The molecule has 1 aliphatic heterocycles. The molecule has 142 valence electrons. The van der Waals surface area contributed by atoms with Crippen LogP contribution < -0.4 is 5.43 Å². The largest absolute Gasteiger partial charge is 0.297 e. The van der Waals surface area contributed by atoms with Gasteiger partial charge in [-0.2, -0.15) is 5.10 Å². The molecule has 0 atom stereocenters. The van der Waals surface area contributed by atoms with Crippen LogP contribution in [-0.4, -0.2) is 54.1 Å². The summed E-state index contributed by atoms with van der Waals surface area (Å²) >= 11 is 0. The third kappa shape index (κ3) is 5.98. The number of hydrogen-bond donors (Lipinski definition) is 1. The summed E-state index contributed by atoms with van der Waals surface area (Å²) in [6.07, 6.45) is 0. The van der Waals surface area contributed by atoms with Crippen molar-refractivity contribution in [3.63, 3.8) is 0 Å². The Hall–Kier alpha value is -2.57. The Balaban J connectivity index is 1.41. The molecule has 0 bridgehead atoms. The minimum Gasteiger partial charge on any atom is -0.297 e. The Labute approximate surface area is 159 Å². The molecule has 0 radical (unpaired) electrons. The average Bonchev–Trinajstić information content (AvgIpc) is 2.69. The van der Waals surface area contributed by atoms with Gasteiger partial charge in [0.15, 0.2) is 0 Å². The number of carbonyl (C=O) groups is 1. The summed E-state index contributed by atoms with van der Waals surface area (Å²) in [6.45, 7) is 6.68. The van der Waals surface area contributed by atoms with Crippen LogP contribution in [0.4, 0.5) is 4.39 Å². The van der Waals surface area contributed by atoms with Crippen molar-refractivity contribution >= 4 is 11.6 Å². The van der Waals surface area contributed by atoms with Crippen molar-refractivity contribution in [3.8, 4) is 0 Å². The number of rotatable bonds is 6. The Morgan fingerprint density at radius 1 is 1.00 bits per heavy atom. The van der Waals surface area contributed by atoms with Gasteiger partial charge in [0, 0.05) is 32.7 Å². The van der Waals surface area contributed by atoms with Gasteiger partial charge in [-0.3, -0.25) is 14.6 Å². The van der Waals surface area contributed by atoms with E-state index >= 15 is 0 Å². The molecule has 6 heteroatoms. The maximum atomic E-state index is 13.0. The van der Waals surface area contributed by atoms with Crippen molar-refractivity contribution in [2.24, 2.45) is 5.10 Å². The van der Waals surface area contributed by atoms with Crippen LogP contribution in [0.3, 0.4) is 0 Å². The maximum absolute atomic E-state index is 13.0. The summed E-state index contributed by atoms with van der Waals surface area (Å²) in [4.78, 5) is 16.7. The first-order valence-electron chi connectivity index (χ1n) is 9.18. The SMILES string of the molecule is C/C(=N/NC(=O)CN1CCN(Cc2ccccc2)CC1)c1ccc(F)cc1. The van der Waals surface area contributed by atoms with E-state index in [1.54, 1.807) is 19.1 Å². The lowest BCUT2D eigenvalue weighted by molar-refractivity contribution is -0.122. The Bertz CT molecular complexity index is 769. The Morgan fingerprint density at radius 3 is 2.30 bits per heavy atom. The lowest BCUT2D eigenvalue weighted by Crippen LogP contribution is -2.48. The van der Waals surface area contributed by atoms with E-state index in [1.165, 1.54) is 17.7 Å². The highest BCUT2D eigenvalue weighted by atomic mass is 19.1. The van der Waals surface area contributed by atoms with Crippen LogP contribution in [0.15, 0.2) is 59.7 Å². The molecule has 1 saturated heterocycles. The van der Waals surface area contributed by atoms with Crippen LogP contribution in [0.5, 0.6) is 0 Å². The average molecular weight is 368 g/mol. The molecule has 0 aromatic heterocycles. The van der Waals surface area contributed by atoms with E-state index in [0.29, 0.717) is 12.3 Å². The van der Waals surface area contributed by atoms with Gasteiger partial charge < -0.3 is 0 Å². The molecule has 1 aliphatic rings. The molecule has 0 unspecified atom stereocenters. The normalized spacial score (nSPS) is 16.3. The van der Waals surface area contributed by atoms with Crippen LogP contribution in [0, 0.1) is 5.82 Å². The van der Waals surface area contributed by atoms with E-state index in [2.05, 4.69) is 44.6 Å². The predicted octanol–water partition coefficient (Wildman–Crippen LogP) is 2.48. The zero-order valence-corrected chi connectivity index (χ0v) is 15.6. The standard InChI is InChI=1S/C21H25FN4O/c1-17(19-7-9-20(22)10-8-19)23-24-21(27)16-26-13-11-25(12-14-26)15-18-5-3-2-4-6-18/h2-10H,11-16H2,1H3,(H,24,27)/b23-17-. The summed E-state index contributed by atoms with van der Waals surface area (Å²) in [6, 6.07) is 16.5. The molecule has 5 nitrogen and oxygen atoms in total. The number of piperazine rings is 1. The second kappa shape index (κ2) is 9.39. The molecule has 1 heterocycles. The number of carbonyl (C=O) groups excluding carboxylic acids is 1. The number of hydrazone groups is 1. The van der Waals surface area contributed by atoms with E-state index in [0.717, 1.165) is 38.3 Å². The zero-order chi connectivity index (χ0) is 19.1. The number of amides is 1. The summed E-state index contributed by atoms with van der Waals surface area (Å²) in [5, 5.41) is 4.12. The van der Waals surface area contributed by atoms with Crippen LogP contribution in [-0.2, 0) is 11.3 Å². The molecule has 1 amide bonds. The van der Waals surface area contributed by atoms with E-state index in [4.69, 9.17) is 0 Å². The molecule has 2 aromatic rings. The van der Waals surface area contributed by atoms with Crippen LogP contribution in [0.2, 0.25) is 0 Å². The van der Waals surface area contributed by atoms with E-state index in [1.807, 2.05) is 6.07 Å². The predicted molar refractivity (Wildman–Crippen MR) is 105 cm³/mol. The number of nitrogens with one attached hydrogen (secondary N) is 1. The first-order valence-corrected chi connectivity index (χ1v) is 9.18. The van der Waals surface area contributed by atoms with Crippen molar-refractivity contribution in [1.82, 2.24) is 15.2 Å². The quantitative estimate of drug-likeness (QED) is 0.630. The van der Waals surface area contributed by atoms with Crippen LogP contribution in [0.1, 0.15) is 18.1 Å². The molecule has 3 rings (SSSR count). The van der Waals surface area contributed by atoms with Gasteiger partial charge in [-0.15, -0.1) is 0 Å². The third-order valence-corrected chi connectivity index (χ3v) is 4.69. The summed E-state index contributed by atoms with van der Waals surface area (Å²) in [7, 11) is 0. The zero-order valence-electron chi connectivity index (χ0n) is 15.6. The second-order valence-electron chi connectivity index (χ2n) is 6.78. The van der Waals surface area contributed by atoms with Gasteiger partial charge in [0.1, 0.15) is 5.82 Å². The smallest absolute Gasteiger partial charge is 0.254 e. The lowest BCUT2D eigenvalue weighted by Gasteiger charge is -2.34. The van der Waals surface area contributed by atoms with Crippen LogP contribution >= 0.6 is 0 Å². The number of hydrogen-bond acceptors (Lipinski definition) is 4. The van der Waals surface area contributed by atoms with Crippen molar-refractivity contribution in [2.45, 2.75) is 13.5 Å². The Kier molecular flexibility index (Phi) is 6.68. The second-order valence-corrected chi connectivity index (χ2v) is 6.78. The number of halogens is 1. The highest BCUT2D eigenvalue weighted by Crippen LogP contribution is 2.08. The molecule has 0 aliphatic carbocycles. The lowest BCUT2D eigenvalue weighted by atomic mass is 10.1. The summed E-state index contributed by atoms with van der Waals surface area (Å²) in [5.41, 5.74) is 5.34. The molecule has 0 spiro atoms. The van der Waals surface area contributed by atoms with E-state index in [9.17, 15) is 9.18 Å². The van der Waals surface area contributed by atoms with Gasteiger partial charge >= 0.3 is 0 Å². The van der Waals surface area contributed by atoms with Gasteiger partial charge in [0.25, 0.3) is 5.91 Å². The fourth-order valence-corrected chi connectivity index (χ4v) is 3.09. The molecular formula is C21H25FN4O. The van der Waals surface area contributed by atoms with E-state index in [-0.39, 0.29) is 11.7 Å². The topological polar surface area (TPSA) is 47.9 Å². The fourth-order valence-electron chi connectivity index (χ4n) is 3.09. The first kappa shape index (κ1) is 19.2. The molecule has 1 fully saturated rings. The highest BCUT2D eigenvalue weighted by molar-refractivity contribution is 5.99. The fraction of sp³-hybridized carbons (Fsp3) is 0.333. The van der Waals surface area contributed by atoms with Crippen molar-refractivity contribution in [3.05, 3.63) is 71.5 Å². The van der Waals surface area contributed by atoms with Crippen molar-refractivity contribution < 1.29 is 9.18 Å². The van der Waals surface area contributed by atoms with Gasteiger partial charge in [0.2, 0.25) is 0 Å². The Morgan fingerprint density at radius 2 is 1.63 bits per heavy atom. The van der Waals surface area contributed by atoms with Gasteiger partial charge in [-0.25, -0.2) is 9.82 Å². The van der Waals surface area contributed by atoms with Crippen LogP contribution in [0.25, 0.3) is 0 Å². The van der Waals surface area contributed by atoms with Gasteiger partial charge in [-0.1, -0.05) is 42.5 Å². The highest BCUT2D eigenvalue weighted by Gasteiger charge is 2.18. The van der Waals surface area contributed by atoms with Crippen molar-refractivity contribution in [2.75, 3.05) is 32.7 Å². The van der Waals surface area contributed by atoms with E-state index < -0.39 is 0 Å². The van der Waals surface area contributed by atoms with Gasteiger partial charge in [0.05, 0.1) is 12.3 Å². The molecule has 0 saturated carbocycles. The van der Waals surface area contributed by atoms with Gasteiger partial charge in [-0.05, 0) is 30.2 Å². The number of benzene rings is 2. The molecule has 1 N–H and O–H groups in total. The maximum Gasteiger partial charge on any atom is 0.254 e. The number of nitrogens with zero attached hydrogens (tertiary/aromatic N) is 3. The summed E-state index contributed by atoms with van der Waals surface area (Å²) in [5.74, 6) is -0.421. The molecular weight excluding hydrogens is 343 g/mol. The minimum absolute atomic E-state index is 0.132. The molecule has 27 heavy (non-hydrogen) atoms.